The number of nitrogens with zero attached hydrogens (tertiary/aromatic N) is 2. The van der Waals surface area contributed by atoms with E-state index in [1.54, 1.807) is 6.07 Å². The molecule has 2 atom stereocenters. The van der Waals surface area contributed by atoms with Crippen molar-refractivity contribution in [3.05, 3.63) is 29.8 Å². The summed E-state index contributed by atoms with van der Waals surface area (Å²) in [5.41, 5.74) is 1.26. The van der Waals surface area contributed by atoms with E-state index < -0.39 is 0 Å². The molecule has 3 rings (SSSR count). The number of rotatable bonds is 6. The highest BCUT2D eigenvalue weighted by Crippen LogP contribution is 2.15. The quantitative estimate of drug-likeness (QED) is 0.710. The number of aliphatic hydroxyl groups excluding tert-OH is 1. The Morgan fingerprint density at radius 3 is 3.17 bits per heavy atom. The first-order valence-electron chi connectivity index (χ1n) is 7.87. The molecular weight excluding hydrogens is 315 g/mol. The molecule has 130 valence electrons. The summed E-state index contributed by atoms with van der Waals surface area (Å²) in [6, 6.07) is 4.42. The van der Waals surface area contributed by atoms with Crippen molar-refractivity contribution in [1.82, 2.24) is 20.2 Å². The number of aliphatic hydroxyl groups is 1. The van der Waals surface area contributed by atoms with E-state index in [0.29, 0.717) is 23.4 Å². The third-order valence-electron chi connectivity index (χ3n) is 4.23. The third kappa shape index (κ3) is 3.89. The minimum absolute atomic E-state index is 0.0254. The molecule has 2 heterocycles. The molecule has 0 saturated carbocycles. The number of nitrogens with one attached hydrogen (secondary N) is 2. The number of imidazole rings is 1. The third-order valence-corrected chi connectivity index (χ3v) is 4.23. The number of carbonyl (C=O) groups is 1. The van der Waals surface area contributed by atoms with Crippen LogP contribution in [0.2, 0.25) is 0 Å². The minimum atomic E-state index is -0.333. The van der Waals surface area contributed by atoms with Gasteiger partial charge in [0.25, 0.3) is 0 Å². The van der Waals surface area contributed by atoms with Gasteiger partial charge >= 0.3 is 0 Å². The zero-order valence-electron chi connectivity index (χ0n) is 13.5. The molecule has 8 heteroatoms. The Morgan fingerprint density at radius 1 is 1.58 bits per heavy atom. The van der Waals surface area contributed by atoms with Crippen LogP contribution in [-0.4, -0.2) is 64.8 Å². The van der Waals surface area contributed by atoms with E-state index in [9.17, 15) is 14.3 Å². The number of hydrogen-bond acceptors (Lipinski definition) is 5. The molecule has 1 aliphatic heterocycles. The molecular formula is C16H21FN4O3. The molecule has 7 nitrogen and oxygen atoms in total. The van der Waals surface area contributed by atoms with E-state index in [4.69, 9.17) is 4.74 Å². The Kier molecular flexibility index (Phi) is 5.08. The fraction of sp³-hybridized carbons (Fsp3) is 0.500. The summed E-state index contributed by atoms with van der Waals surface area (Å²) >= 11 is 0. The van der Waals surface area contributed by atoms with Crippen molar-refractivity contribution in [2.75, 3.05) is 26.8 Å². The van der Waals surface area contributed by atoms with Gasteiger partial charge in [0.1, 0.15) is 24.9 Å². The molecule has 2 aromatic rings. The average Bonchev–Trinajstić information content (AvgIpc) is 3.09. The molecule has 1 saturated heterocycles. The van der Waals surface area contributed by atoms with Gasteiger partial charge in [0.05, 0.1) is 17.6 Å². The number of likely N-dealkylation sites (N-methyl/N-ethyl adjacent to an activating group) is 1. The van der Waals surface area contributed by atoms with E-state index in [1.165, 1.54) is 12.1 Å². The van der Waals surface area contributed by atoms with Gasteiger partial charge in [0, 0.05) is 18.6 Å². The first kappa shape index (κ1) is 16.8. The number of H-pyrrole nitrogens is 1. The first-order chi connectivity index (χ1) is 11.5. The van der Waals surface area contributed by atoms with E-state index in [0.717, 1.165) is 6.42 Å². The maximum absolute atomic E-state index is 13.1. The molecule has 0 spiro atoms. The average molecular weight is 336 g/mol. The Morgan fingerprint density at radius 2 is 2.42 bits per heavy atom. The van der Waals surface area contributed by atoms with E-state index in [2.05, 4.69) is 15.3 Å². The van der Waals surface area contributed by atoms with Crippen LogP contribution in [0.4, 0.5) is 4.39 Å². The Balaban J connectivity index is 1.44. The molecule has 3 N–H and O–H groups in total. The second-order valence-corrected chi connectivity index (χ2v) is 6.11. The maximum Gasteiger partial charge on any atom is 0.246 e. The van der Waals surface area contributed by atoms with Gasteiger partial charge < -0.3 is 20.1 Å². The van der Waals surface area contributed by atoms with E-state index in [-0.39, 0.29) is 43.6 Å². The Hall–Kier alpha value is -2.03. The lowest BCUT2D eigenvalue weighted by Gasteiger charge is -2.15. The summed E-state index contributed by atoms with van der Waals surface area (Å²) < 4.78 is 18.5. The number of benzene rings is 1. The molecule has 24 heavy (non-hydrogen) atoms. The summed E-state index contributed by atoms with van der Waals surface area (Å²) in [4.78, 5) is 21.2. The van der Waals surface area contributed by atoms with Gasteiger partial charge in [-0.15, -0.1) is 0 Å². The lowest BCUT2D eigenvalue weighted by atomic mass is 10.2. The monoisotopic (exact) mass is 336 g/mol. The molecule has 0 unspecified atom stereocenters. The number of halogens is 1. The van der Waals surface area contributed by atoms with Crippen molar-refractivity contribution in [2.45, 2.75) is 25.1 Å². The molecule has 1 amide bonds. The summed E-state index contributed by atoms with van der Waals surface area (Å²) in [5, 5.41) is 12.1. The van der Waals surface area contributed by atoms with Gasteiger partial charge in [0.2, 0.25) is 5.91 Å². The molecule has 1 aromatic heterocycles. The van der Waals surface area contributed by atoms with Crippen LogP contribution in [0.15, 0.2) is 18.2 Å². The second kappa shape index (κ2) is 7.25. The number of aromatic amines is 1. The van der Waals surface area contributed by atoms with Gasteiger partial charge in [-0.1, -0.05) is 0 Å². The summed E-state index contributed by atoms with van der Waals surface area (Å²) in [6.45, 7) is 0.876. The van der Waals surface area contributed by atoms with Crippen molar-refractivity contribution in [1.29, 1.82) is 0 Å². The minimum Gasteiger partial charge on any atom is -0.395 e. The Bertz CT molecular complexity index is 720. The van der Waals surface area contributed by atoms with Crippen LogP contribution in [0, 0.1) is 5.82 Å². The number of hydrogen-bond donors (Lipinski definition) is 3. The van der Waals surface area contributed by atoms with Crippen LogP contribution in [0.1, 0.15) is 12.2 Å². The standard InChI is InChI=1S/C16H21FN4O3/c1-21-6-11(5-12(21)7-22)18-16(23)9-24-8-15-19-13-3-2-10(17)4-14(13)20-15/h2-4,11-12,22H,5-9H2,1H3,(H,18,23)(H,19,20)/t11-,12+/m1/s1. The molecule has 1 aromatic carbocycles. The number of aromatic nitrogens is 2. The maximum atomic E-state index is 13.1. The van der Waals surface area contributed by atoms with Crippen LogP contribution >= 0.6 is 0 Å². The zero-order valence-corrected chi connectivity index (χ0v) is 13.5. The van der Waals surface area contributed by atoms with Crippen molar-refractivity contribution in [2.24, 2.45) is 0 Å². The van der Waals surface area contributed by atoms with Crippen LogP contribution < -0.4 is 5.32 Å². The summed E-state index contributed by atoms with van der Waals surface area (Å²) in [5.74, 6) is 0.0131. The van der Waals surface area contributed by atoms with Crippen molar-refractivity contribution in [3.8, 4) is 0 Å². The molecule has 0 bridgehead atoms. The lowest BCUT2D eigenvalue weighted by Crippen LogP contribution is -2.38. The number of amides is 1. The summed E-state index contributed by atoms with van der Waals surface area (Å²) in [7, 11) is 1.92. The smallest absolute Gasteiger partial charge is 0.246 e. The predicted octanol–water partition coefficient (Wildman–Crippen LogP) is 0.400. The molecule has 0 radical (unpaired) electrons. The highest BCUT2D eigenvalue weighted by atomic mass is 19.1. The normalized spacial score (nSPS) is 21.5. The number of carbonyl (C=O) groups excluding carboxylic acids is 1. The lowest BCUT2D eigenvalue weighted by molar-refractivity contribution is -0.126. The fourth-order valence-corrected chi connectivity index (χ4v) is 3.01. The highest BCUT2D eigenvalue weighted by Gasteiger charge is 2.29. The van der Waals surface area contributed by atoms with Crippen molar-refractivity contribution in [3.63, 3.8) is 0 Å². The van der Waals surface area contributed by atoms with Crippen LogP contribution in [-0.2, 0) is 16.1 Å². The Labute approximate surface area is 138 Å². The van der Waals surface area contributed by atoms with Gasteiger partial charge in [-0.25, -0.2) is 9.37 Å². The first-order valence-corrected chi connectivity index (χ1v) is 7.87. The van der Waals surface area contributed by atoms with Crippen molar-refractivity contribution < 1.29 is 19.0 Å². The summed E-state index contributed by atoms with van der Waals surface area (Å²) in [6.07, 6.45) is 0.730. The number of fused-ring (bicyclic) bond motifs is 1. The van der Waals surface area contributed by atoms with Gasteiger partial charge in [-0.05, 0) is 31.7 Å². The highest BCUT2D eigenvalue weighted by molar-refractivity contribution is 5.77. The van der Waals surface area contributed by atoms with Crippen LogP contribution in [0.5, 0.6) is 0 Å². The van der Waals surface area contributed by atoms with Crippen LogP contribution in [0.25, 0.3) is 11.0 Å². The van der Waals surface area contributed by atoms with Gasteiger partial charge in [-0.3, -0.25) is 9.69 Å². The zero-order chi connectivity index (χ0) is 17.1. The van der Waals surface area contributed by atoms with Crippen molar-refractivity contribution >= 4 is 16.9 Å². The topological polar surface area (TPSA) is 90.5 Å². The number of likely N-dealkylation sites (tertiary alicyclic amines) is 1. The number of ether oxygens (including phenoxy) is 1. The fourth-order valence-electron chi connectivity index (χ4n) is 3.01. The van der Waals surface area contributed by atoms with E-state index >= 15 is 0 Å². The molecule has 1 fully saturated rings. The van der Waals surface area contributed by atoms with Gasteiger partial charge in [-0.2, -0.15) is 0 Å². The van der Waals surface area contributed by atoms with Gasteiger partial charge in [0.15, 0.2) is 0 Å². The SMILES string of the molecule is CN1C[C@H](NC(=O)COCc2nc3ccc(F)cc3[nH]2)C[C@H]1CO. The predicted molar refractivity (Wildman–Crippen MR) is 85.8 cm³/mol. The molecule has 0 aliphatic carbocycles. The largest absolute Gasteiger partial charge is 0.395 e. The van der Waals surface area contributed by atoms with E-state index in [1.807, 2.05) is 11.9 Å². The molecule has 1 aliphatic rings. The second-order valence-electron chi connectivity index (χ2n) is 6.11. The van der Waals surface area contributed by atoms with Crippen LogP contribution in [0.3, 0.4) is 0 Å².